The number of carbonyl (C=O) groups excluding carboxylic acids is 1. The third-order valence-electron chi connectivity index (χ3n) is 5.22. The zero-order chi connectivity index (χ0) is 14.9. The van der Waals surface area contributed by atoms with Crippen LogP contribution >= 0.6 is 0 Å². The minimum Gasteiger partial charge on any atom is -0.300 e. The number of ketones is 1. The van der Waals surface area contributed by atoms with Crippen molar-refractivity contribution in [2.75, 3.05) is 0 Å². The predicted molar refractivity (Wildman–Crippen MR) is 88.4 cm³/mol. The van der Waals surface area contributed by atoms with E-state index in [-0.39, 0.29) is 0 Å². The molecule has 110 valence electrons. The normalized spacial score (nSPS) is 21.6. The molecule has 1 fully saturated rings. The van der Waals surface area contributed by atoms with Crippen molar-refractivity contribution in [3.8, 4) is 0 Å². The highest BCUT2D eigenvalue weighted by Gasteiger charge is 2.35. The number of benzene rings is 2. The molecule has 0 bridgehead atoms. The van der Waals surface area contributed by atoms with Gasteiger partial charge in [0.15, 0.2) is 0 Å². The molecule has 0 heterocycles. The van der Waals surface area contributed by atoms with Crippen LogP contribution < -0.4 is 0 Å². The highest BCUT2D eigenvalue weighted by molar-refractivity contribution is 5.83. The summed E-state index contributed by atoms with van der Waals surface area (Å²) < 4.78 is 0. The van der Waals surface area contributed by atoms with Crippen molar-refractivity contribution in [2.24, 2.45) is 11.3 Å². The molecule has 0 unspecified atom stereocenters. The number of hydrogen-bond acceptors (Lipinski definition) is 1. The van der Waals surface area contributed by atoms with Gasteiger partial charge in [0.1, 0.15) is 5.78 Å². The lowest BCUT2D eigenvalue weighted by Crippen LogP contribution is -2.32. The number of Topliss-reactive ketones (excluding diaryl/α,β-unsaturated/α-hetero) is 1. The Labute approximate surface area is 127 Å². The SMILES string of the molecule is CC1(C)CCC(=O)C[C@H]1CCc1ccc2ccccc2c1. The quantitative estimate of drug-likeness (QED) is 0.758. The molecule has 0 radical (unpaired) electrons. The van der Waals surface area contributed by atoms with Gasteiger partial charge in [0, 0.05) is 12.8 Å². The summed E-state index contributed by atoms with van der Waals surface area (Å²) in [5, 5.41) is 2.61. The predicted octanol–water partition coefficient (Wildman–Crippen LogP) is 5.17. The first-order valence-electron chi connectivity index (χ1n) is 8.04. The van der Waals surface area contributed by atoms with Crippen LogP contribution in [0.4, 0.5) is 0 Å². The minimum absolute atomic E-state index is 0.310. The molecule has 1 aliphatic carbocycles. The molecule has 0 aliphatic heterocycles. The van der Waals surface area contributed by atoms with E-state index < -0.39 is 0 Å². The van der Waals surface area contributed by atoms with Gasteiger partial charge >= 0.3 is 0 Å². The molecule has 0 amide bonds. The van der Waals surface area contributed by atoms with E-state index in [4.69, 9.17) is 0 Å². The van der Waals surface area contributed by atoms with Crippen molar-refractivity contribution in [1.82, 2.24) is 0 Å². The van der Waals surface area contributed by atoms with E-state index in [2.05, 4.69) is 56.3 Å². The third-order valence-corrected chi connectivity index (χ3v) is 5.22. The fourth-order valence-corrected chi connectivity index (χ4v) is 3.55. The molecular formula is C20H24O. The van der Waals surface area contributed by atoms with Gasteiger partial charge in [-0.05, 0) is 46.9 Å². The Balaban J connectivity index is 1.72. The summed E-state index contributed by atoms with van der Waals surface area (Å²) in [6.07, 6.45) is 4.80. The van der Waals surface area contributed by atoms with Gasteiger partial charge in [-0.15, -0.1) is 0 Å². The summed E-state index contributed by atoms with van der Waals surface area (Å²) in [7, 11) is 0. The fraction of sp³-hybridized carbons (Fsp3) is 0.450. The molecular weight excluding hydrogens is 256 g/mol. The Kier molecular flexibility index (Phi) is 3.84. The average Bonchev–Trinajstić information content (AvgIpc) is 2.48. The molecule has 0 N–H and O–H groups in total. The fourth-order valence-electron chi connectivity index (χ4n) is 3.55. The van der Waals surface area contributed by atoms with Gasteiger partial charge in [-0.2, -0.15) is 0 Å². The maximum atomic E-state index is 11.7. The van der Waals surface area contributed by atoms with Gasteiger partial charge in [-0.3, -0.25) is 4.79 Å². The van der Waals surface area contributed by atoms with Gasteiger partial charge < -0.3 is 0 Å². The number of rotatable bonds is 3. The van der Waals surface area contributed by atoms with Gasteiger partial charge in [-0.25, -0.2) is 0 Å². The molecule has 1 aliphatic rings. The van der Waals surface area contributed by atoms with E-state index in [0.717, 1.165) is 32.1 Å². The third kappa shape index (κ3) is 3.18. The van der Waals surface area contributed by atoms with Crippen molar-refractivity contribution in [3.63, 3.8) is 0 Å². The Morgan fingerprint density at radius 2 is 1.86 bits per heavy atom. The van der Waals surface area contributed by atoms with E-state index in [1.165, 1.54) is 16.3 Å². The van der Waals surface area contributed by atoms with Gasteiger partial charge in [0.05, 0.1) is 0 Å². The summed E-state index contributed by atoms with van der Waals surface area (Å²) in [5.41, 5.74) is 1.70. The van der Waals surface area contributed by atoms with E-state index >= 15 is 0 Å². The molecule has 0 saturated heterocycles. The summed E-state index contributed by atoms with van der Waals surface area (Å²) in [6.45, 7) is 4.65. The highest BCUT2D eigenvalue weighted by Crippen LogP contribution is 2.41. The highest BCUT2D eigenvalue weighted by atomic mass is 16.1. The first-order chi connectivity index (χ1) is 10.0. The number of aryl methyl sites for hydroxylation is 1. The van der Waals surface area contributed by atoms with Crippen LogP contribution in [0.15, 0.2) is 42.5 Å². The smallest absolute Gasteiger partial charge is 0.133 e. The summed E-state index contributed by atoms with van der Waals surface area (Å²) in [4.78, 5) is 11.7. The van der Waals surface area contributed by atoms with Crippen molar-refractivity contribution in [1.29, 1.82) is 0 Å². The summed E-state index contributed by atoms with van der Waals surface area (Å²) >= 11 is 0. The molecule has 1 heteroatoms. The van der Waals surface area contributed by atoms with Gasteiger partial charge in [0.25, 0.3) is 0 Å². The van der Waals surface area contributed by atoms with E-state index in [1.54, 1.807) is 0 Å². The van der Waals surface area contributed by atoms with Gasteiger partial charge in [-0.1, -0.05) is 56.3 Å². The maximum absolute atomic E-state index is 11.7. The zero-order valence-electron chi connectivity index (χ0n) is 13.1. The van der Waals surface area contributed by atoms with Crippen LogP contribution in [0, 0.1) is 11.3 Å². The first kappa shape index (κ1) is 14.3. The maximum Gasteiger partial charge on any atom is 0.133 e. The van der Waals surface area contributed by atoms with Crippen LogP contribution in [0.3, 0.4) is 0 Å². The Bertz CT molecular complexity index is 654. The Morgan fingerprint density at radius 3 is 2.67 bits per heavy atom. The first-order valence-corrected chi connectivity index (χ1v) is 8.04. The number of fused-ring (bicyclic) bond motifs is 1. The van der Waals surface area contributed by atoms with E-state index in [0.29, 0.717) is 17.1 Å². The molecule has 21 heavy (non-hydrogen) atoms. The van der Waals surface area contributed by atoms with Crippen LogP contribution in [-0.2, 0) is 11.2 Å². The van der Waals surface area contributed by atoms with Crippen LogP contribution in [0.1, 0.15) is 45.1 Å². The topological polar surface area (TPSA) is 17.1 Å². The molecule has 0 spiro atoms. The summed E-state index contributed by atoms with van der Waals surface area (Å²) in [5.74, 6) is 0.989. The Hall–Kier alpha value is -1.63. The zero-order valence-corrected chi connectivity index (χ0v) is 13.1. The van der Waals surface area contributed by atoms with Crippen molar-refractivity contribution < 1.29 is 4.79 Å². The van der Waals surface area contributed by atoms with E-state index in [1.807, 2.05) is 0 Å². The molecule has 1 saturated carbocycles. The Morgan fingerprint density at radius 1 is 1.10 bits per heavy atom. The second kappa shape index (κ2) is 5.63. The van der Waals surface area contributed by atoms with Crippen LogP contribution in [0.2, 0.25) is 0 Å². The largest absolute Gasteiger partial charge is 0.300 e. The van der Waals surface area contributed by atoms with Crippen molar-refractivity contribution >= 4 is 16.6 Å². The minimum atomic E-state index is 0.310. The molecule has 3 rings (SSSR count). The summed E-state index contributed by atoms with van der Waals surface area (Å²) in [6, 6.07) is 15.2. The molecule has 0 aromatic heterocycles. The standard InChI is InChI=1S/C20H24O/c1-20(2)12-11-19(21)14-18(20)10-8-15-7-9-16-5-3-4-6-17(16)13-15/h3-7,9,13,18H,8,10-12,14H2,1-2H3/t18-/m1/s1. The van der Waals surface area contributed by atoms with Crippen molar-refractivity contribution in [2.45, 2.75) is 46.0 Å². The molecule has 1 atom stereocenters. The molecule has 1 nitrogen and oxygen atoms in total. The average molecular weight is 280 g/mol. The lowest BCUT2D eigenvalue weighted by atomic mass is 9.66. The van der Waals surface area contributed by atoms with Crippen LogP contribution in [0.5, 0.6) is 0 Å². The van der Waals surface area contributed by atoms with Crippen LogP contribution in [0.25, 0.3) is 10.8 Å². The van der Waals surface area contributed by atoms with E-state index in [9.17, 15) is 4.79 Å². The second-order valence-electron chi connectivity index (χ2n) is 7.15. The lowest BCUT2D eigenvalue weighted by molar-refractivity contribution is -0.124. The molecule has 2 aromatic rings. The monoisotopic (exact) mass is 280 g/mol. The number of carbonyl (C=O) groups is 1. The van der Waals surface area contributed by atoms with Crippen molar-refractivity contribution in [3.05, 3.63) is 48.0 Å². The second-order valence-corrected chi connectivity index (χ2v) is 7.15. The van der Waals surface area contributed by atoms with Gasteiger partial charge in [0.2, 0.25) is 0 Å². The molecule has 2 aromatic carbocycles. The van der Waals surface area contributed by atoms with Crippen LogP contribution in [-0.4, -0.2) is 5.78 Å². The number of hydrogen-bond donors (Lipinski definition) is 0. The lowest BCUT2D eigenvalue weighted by Gasteiger charge is -2.38.